The molecule has 8 heteroatoms. The number of fused-ring (bicyclic) bond motifs is 1. The summed E-state index contributed by atoms with van der Waals surface area (Å²) in [5.74, 6) is 1.60. The van der Waals surface area contributed by atoms with E-state index in [0.717, 1.165) is 24.0 Å². The number of benzene rings is 2. The van der Waals surface area contributed by atoms with Crippen LogP contribution in [-0.4, -0.2) is 46.6 Å². The highest BCUT2D eigenvalue weighted by Gasteiger charge is 2.37. The number of carbonyl (C=O) groups excluding carboxylic acids is 2. The monoisotopic (exact) mass is 470 g/mol. The van der Waals surface area contributed by atoms with Gasteiger partial charge in [-0.3, -0.25) is 13.8 Å². The molecule has 2 aliphatic rings. The fourth-order valence-electron chi connectivity index (χ4n) is 4.27. The highest BCUT2D eigenvalue weighted by atomic mass is 32.2. The van der Waals surface area contributed by atoms with E-state index in [1.807, 2.05) is 42.2 Å². The second-order valence-electron chi connectivity index (χ2n) is 8.46. The van der Waals surface area contributed by atoms with Gasteiger partial charge in [0.05, 0.1) is 31.0 Å². The number of rotatable bonds is 10. The van der Waals surface area contributed by atoms with Crippen molar-refractivity contribution in [2.24, 2.45) is 5.92 Å². The van der Waals surface area contributed by atoms with Crippen LogP contribution in [0.3, 0.4) is 0 Å². The summed E-state index contributed by atoms with van der Waals surface area (Å²) in [6.07, 6.45) is 4.01. The molecule has 1 aliphatic carbocycles. The first-order valence-electron chi connectivity index (χ1n) is 11.3. The quantitative estimate of drug-likeness (QED) is 0.569. The molecule has 2 atom stereocenters. The minimum Gasteiger partial charge on any atom is -0.493 e. The van der Waals surface area contributed by atoms with Crippen LogP contribution in [0.1, 0.15) is 53.7 Å². The molecule has 33 heavy (non-hydrogen) atoms. The van der Waals surface area contributed by atoms with E-state index in [1.54, 1.807) is 19.4 Å². The molecule has 0 aromatic heterocycles. The van der Waals surface area contributed by atoms with Gasteiger partial charge in [-0.05, 0) is 55.5 Å². The zero-order chi connectivity index (χ0) is 23.5. The largest absolute Gasteiger partial charge is 0.493 e. The van der Waals surface area contributed by atoms with E-state index in [2.05, 4.69) is 5.32 Å². The standard InChI is InChI=1S/C25H30N2O5S/c1-4-32-22-14-17(10-11-21(22)31-2)20(12-13-33(3)30)27-15-18-6-5-7-19(23(18)25(27)29)26-24(28)16-8-9-16/h5-7,10-11,14,16,20H,4,8-9,12-13,15H2,1-3H3,(H,26,28)/t20-,33?/m0/s1. The Morgan fingerprint density at radius 1 is 1.24 bits per heavy atom. The average molecular weight is 471 g/mol. The molecule has 0 bridgehead atoms. The molecule has 1 fully saturated rings. The van der Waals surface area contributed by atoms with E-state index in [1.165, 1.54) is 0 Å². The molecule has 1 heterocycles. The Hall–Kier alpha value is -2.87. The summed E-state index contributed by atoms with van der Waals surface area (Å²) in [6.45, 7) is 2.82. The number of hydrogen-bond acceptors (Lipinski definition) is 5. The number of nitrogens with one attached hydrogen (secondary N) is 1. The molecule has 1 saturated carbocycles. The lowest BCUT2D eigenvalue weighted by atomic mass is 10.0. The summed E-state index contributed by atoms with van der Waals surface area (Å²) in [5.41, 5.74) is 2.90. The van der Waals surface area contributed by atoms with E-state index < -0.39 is 10.8 Å². The van der Waals surface area contributed by atoms with Gasteiger partial charge < -0.3 is 19.7 Å². The first-order valence-corrected chi connectivity index (χ1v) is 13.0. The van der Waals surface area contributed by atoms with Crippen LogP contribution in [0.15, 0.2) is 36.4 Å². The third kappa shape index (κ3) is 5.05. The van der Waals surface area contributed by atoms with Gasteiger partial charge in [0.1, 0.15) is 0 Å². The van der Waals surface area contributed by atoms with Crippen LogP contribution in [0.2, 0.25) is 0 Å². The second kappa shape index (κ2) is 9.95. The summed E-state index contributed by atoms with van der Waals surface area (Å²) < 4.78 is 23.1. The molecule has 176 valence electrons. The van der Waals surface area contributed by atoms with E-state index in [4.69, 9.17) is 9.47 Å². The average Bonchev–Trinajstić information content (AvgIpc) is 3.59. The van der Waals surface area contributed by atoms with Gasteiger partial charge in [-0.25, -0.2) is 0 Å². The molecular formula is C25H30N2O5S. The summed E-state index contributed by atoms with van der Waals surface area (Å²) >= 11 is 0. The highest BCUT2D eigenvalue weighted by Crippen LogP contribution is 2.40. The van der Waals surface area contributed by atoms with Crippen molar-refractivity contribution in [2.75, 3.05) is 31.0 Å². The number of hydrogen-bond donors (Lipinski definition) is 1. The van der Waals surface area contributed by atoms with Crippen LogP contribution in [-0.2, 0) is 22.1 Å². The van der Waals surface area contributed by atoms with Crippen molar-refractivity contribution in [2.45, 2.75) is 38.8 Å². The lowest BCUT2D eigenvalue weighted by Gasteiger charge is -2.29. The first kappa shape index (κ1) is 23.3. The molecule has 1 aliphatic heterocycles. The molecule has 1 unspecified atom stereocenters. The number of ether oxygens (including phenoxy) is 2. The molecule has 2 amide bonds. The third-order valence-electron chi connectivity index (χ3n) is 6.10. The van der Waals surface area contributed by atoms with Crippen molar-refractivity contribution in [3.05, 3.63) is 53.1 Å². The summed E-state index contributed by atoms with van der Waals surface area (Å²) in [4.78, 5) is 27.8. The lowest BCUT2D eigenvalue weighted by molar-refractivity contribution is -0.117. The van der Waals surface area contributed by atoms with Crippen molar-refractivity contribution >= 4 is 28.3 Å². The fraction of sp³-hybridized carbons (Fsp3) is 0.440. The highest BCUT2D eigenvalue weighted by molar-refractivity contribution is 7.84. The van der Waals surface area contributed by atoms with Gasteiger partial charge in [0, 0.05) is 35.3 Å². The molecular weight excluding hydrogens is 440 g/mol. The zero-order valence-corrected chi connectivity index (χ0v) is 20.1. The SMILES string of the molecule is CCOc1cc([C@H](CCS(C)=O)N2Cc3cccc(NC(=O)C4CC4)c3C2=O)ccc1OC. The van der Waals surface area contributed by atoms with Crippen molar-refractivity contribution in [3.8, 4) is 11.5 Å². The second-order valence-corrected chi connectivity index (χ2v) is 10.0. The molecule has 7 nitrogen and oxygen atoms in total. The number of methoxy groups -OCH3 is 1. The van der Waals surface area contributed by atoms with Crippen LogP contribution < -0.4 is 14.8 Å². The summed E-state index contributed by atoms with van der Waals surface area (Å²) in [5, 5.41) is 2.95. The molecule has 0 saturated heterocycles. The molecule has 2 aromatic carbocycles. The van der Waals surface area contributed by atoms with E-state index in [-0.39, 0.29) is 23.8 Å². The summed E-state index contributed by atoms with van der Waals surface area (Å²) in [6, 6.07) is 11.0. The Balaban J connectivity index is 1.66. The van der Waals surface area contributed by atoms with Gasteiger partial charge in [0.25, 0.3) is 5.91 Å². The van der Waals surface area contributed by atoms with Crippen molar-refractivity contribution in [1.82, 2.24) is 4.90 Å². The number of carbonyl (C=O) groups is 2. The Bertz CT molecular complexity index is 1080. The predicted molar refractivity (Wildman–Crippen MR) is 128 cm³/mol. The van der Waals surface area contributed by atoms with Crippen LogP contribution >= 0.6 is 0 Å². The maximum Gasteiger partial charge on any atom is 0.257 e. The smallest absolute Gasteiger partial charge is 0.257 e. The minimum absolute atomic E-state index is 0.0240. The van der Waals surface area contributed by atoms with Gasteiger partial charge in [0.2, 0.25) is 5.91 Å². The molecule has 2 aromatic rings. The van der Waals surface area contributed by atoms with Gasteiger partial charge in [-0.1, -0.05) is 18.2 Å². The Kier molecular flexibility index (Phi) is 7.02. The Morgan fingerprint density at radius 2 is 2.03 bits per heavy atom. The minimum atomic E-state index is -0.998. The number of anilines is 1. The van der Waals surface area contributed by atoms with Crippen LogP contribution in [0.25, 0.3) is 0 Å². The van der Waals surface area contributed by atoms with Gasteiger partial charge in [-0.2, -0.15) is 0 Å². The van der Waals surface area contributed by atoms with Gasteiger partial charge >= 0.3 is 0 Å². The Morgan fingerprint density at radius 3 is 2.70 bits per heavy atom. The fourth-order valence-corrected chi connectivity index (χ4v) is 4.82. The number of nitrogens with zero attached hydrogens (tertiary/aromatic N) is 1. The zero-order valence-electron chi connectivity index (χ0n) is 19.3. The molecule has 1 N–H and O–H groups in total. The van der Waals surface area contributed by atoms with Crippen molar-refractivity contribution < 1.29 is 23.3 Å². The molecule has 0 radical (unpaired) electrons. The van der Waals surface area contributed by atoms with E-state index >= 15 is 0 Å². The summed E-state index contributed by atoms with van der Waals surface area (Å²) in [7, 11) is 0.593. The van der Waals surface area contributed by atoms with Crippen LogP contribution in [0.4, 0.5) is 5.69 Å². The van der Waals surface area contributed by atoms with E-state index in [0.29, 0.717) is 48.1 Å². The maximum atomic E-state index is 13.6. The van der Waals surface area contributed by atoms with Gasteiger partial charge in [0.15, 0.2) is 11.5 Å². The Labute approximate surface area is 196 Å². The number of amides is 2. The maximum absolute atomic E-state index is 13.6. The molecule has 4 rings (SSSR count). The third-order valence-corrected chi connectivity index (χ3v) is 6.91. The van der Waals surface area contributed by atoms with E-state index in [9.17, 15) is 13.8 Å². The van der Waals surface area contributed by atoms with Gasteiger partial charge in [-0.15, -0.1) is 0 Å². The lowest BCUT2D eigenvalue weighted by Crippen LogP contribution is -2.30. The predicted octanol–water partition coefficient (Wildman–Crippen LogP) is 3.91. The van der Waals surface area contributed by atoms with Crippen LogP contribution in [0, 0.1) is 5.92 Å². The van der Waals surface area contributed by atoms with Crippen molar-refractivity contribution in [1.29, 1.82) is 0 Å². The first-order chi connectivity index (χ1) is 15.9. The topological polar surface area (TPSA) is 84.9 Å². The van der Waals surface area contributed by atoms with Crippen LogP contribution in [0.5, 0.6) is 11.5 Å². The normalized spacial score (nSPS) is 16.8. The molecule has 0 spiro atoms. The van der Waals surface area contributed by atoms with Crippen molar-refractivity contribution in [3.63, 3.8) is 0 Å².